The van der Waals surface area contributed by atoms with Crippen LogP contribution in [0.15, 0.2) is 16.8 Å². The highest BCUT2D eigenvalue weighted by molar-refractivity contribution is 7.08. The summed E-state index contributed by atoms with van der Waals surface area (Å²) in [7, 11) is 0. The predicted octanol–water partition coefficient (Wildman–Crippen LogP) is 2.61. The summed E-state index contributed by atoms with van der Waals surface area (Å²) < 4.78 is 0. The number of nitrogens with one attached hydrogen (secondary N) is 1. The van der Waals surface area contributed by atoms with E-state index in [0.717, 1.165) is 12.8 Å². The topological polar surface area (TPSA) is 69.6 Å². The van der Waals surface area contributed by atoms with Crippen molar-refractivity contribution in [2.75, 3.05) is 11.9 Å². The first-order valence-corrected chi connectivity index (χ1v) is 6.82. The van der Waals surface area contributed by atoms with E-state index in [2.05, 4.69) is 5.32 Å². The quantitative estimate of drug-likeness (QED) is 0.866. The molecular weight excluding hydrogens is 252 g/mol. The molecule has 0 saturated carbocycles. The molecule has 5 nitrogen and oxygen atoms in total. The van der Waals surface area contributed by atoms with Gasteiger partial charge in [-0.2, -0.15) is 11.3 Å². The third kappa shape index (κ3) is 2.33. The number of carbonyl (C=O) groups excluding carboxylic acids is 1. The molecule has 1 atom stereocenters. The minimum atomic E-state index is -1.10. The molecule has 1 aliphatic heterocycles. The van der Waals surface area contributed by atoms with Crippen LogP contribution in [0, 0.1) is 0 Å². The molecule has 0 spiro atoms. The van der Waals surface area contributed by atoms with Crippen LogP contribution in [0.2, 0.25) is 0 Å². The van der Waals surface area contributed by atoms with Gasteiger partial charge < -0.3 is 15.3 Å². The molecule has 2 N–H and O–H groups in total. The number of anilines is 1. The Labute approximate surface area is 109 Å². The van der Waals surface area contributed by atoms with E-state index in [1.807, 2.05) is 10.8 Å². The molecule has 98 valence electrons. The average molecular weight is 268 g/mol. The van der Waals surface area contributed by atoms with Crippen LogP contribution in [-0.4, -0.2) is 34.1 Å². The van der Waals surface area contributed by atoms with Crippen molar-refractivity contribution < 1.29 is 14.7 Å². The average Bonchev–Trinajstić information content (AvgIpc) is 2.82. The van der Waals surface area contributed by atoms with Crippen molar-refractivity contribution in [1.82, 2.24) is 4.90 Å². The number of carboxylic acid groups (broad SMARTS) is 1. The van der Waals surface area contributed by atoms with Gasteiger partial charge in [0.2, 0.25) is 0 Å². The lowest BCUT2D eigenvalue weighted by Gasteiger charge is -2.41. The van der Waals surface area contributed by atoms with Gasteiger partial charge in [-0.05, 0) is 37.6 Å². The van der Waals surface area contributed by atoms with E-state index in [9.17, 15) is 14.7 Å². The fourth-order valence-corrected chi connectivity index (χ4v) is 2.78. The molecule has 6 heteroatoms. The number of piperidine rings is 1. The summed E-state index contributed by atoms with van der Waals surface area (Å²) in [6.07, 6.45) is 2.18. The van der Waals surface area contributed by atoms with Gasteiger partial charge in [0.25, 0.3) is 0 Å². The number of aliphatic carboxylic acids is 1. The molecule has 2 amide bonds. The van der Waals surface area contributed by atoms with Gasteiger partial charge in [0.05, 0.1) is 5.69 Å². The summed E-state index contributed by atoms with van der Waals surface area (Å²) >= 11 is 1.48. The number of carboxylic acids is 1. The van der Waals surface area contributed by atoms with Crippen LogP contribution < -0.4 is 5.32 Å². The molecule has 0 aliphatic carbocycles. The zero-order chi connectivity index (χ0) is 13.2. The first kappa shape index (κ1) is 12.9. The van der Waals surface area contributed by atoms with Crippen LogP contribution in [-0.2, 0) is 4.79 Å². The van der Waals surface area contributed by atoms with Crippen molar-refractivity contribution in [2.45, 2.75) is 31.7 Å². The van der Waals surface area contributed by atoms with Crippen LogP contribution in [0.5, 0.6) is 0 Å². The summed E-state index contributed by atoms with van der Waals surface area (Å²) in [5, 5.41) is 15.7. The second-order valence-electron chi connectivity index (χ2n) is 4.63. The Balaban J connectivity index is 2.14. The van der Waals surface area contributed by atoms with Crippen LogP contribution >= 0.6 is 11.3 Å². The van der Waals surface area contributed by atoms with Crippen LogP contribution in [0.25, 0.3) is 0 Å². The van der Waals surface area contributed by atoms with Crippen molar-refractivity contribution >= 4 is 29.0 Å². The maximum Gasteiger partial charge on any atom is 0.329 e. The van der Waals surface area contributed by atoms with Crippen molar-refractivity contribution in [3.05, 3.63) is 16.8 Å². The molecule has 1 aromatic heterocycles. The van der Waals surface area contributed by atoms with Crippen LogP contribution in [0.4, 0.5) is 10.5 Å². The standard InChI is InChI=1S/C12H16N2O3S/c1-12(10(15)16)5-2-3-6-14(12)11(17)13-9-4-7-18-8-9/h4,7-8H,2-3,5-6H2,1H3,(H,13,17)(H,15,16). The number of nitrogens with zero attached hydrogens (tertiary/aromatic N) is 1. The molecule has 1 fully saturated rings. The van der Waals surface area contributed by atoms with Gasteiger partial charge in [0, 0.05) is 11.9 Å². The first-order chi connectivity index (χ1) is 8.54. The maximum absolute atomic E-state index is 12.1. The zero-order valence-electron chi connectivity index (χ0n) is 10.2. The van der Waals surface area contributed by atoms with E-state index < -0.39 is 11.5 Å². The lowest BCUT2D eigenvalue weighted by molar-refractivity contribution is -0.150. The Kier molecular flexibility index (Phi) is 3.56. The normalized spacial score (nSPS) is 23.7. The molecule has 18 heavy (non-hydrogen) atoms. The van der Waals surface area contributed by atoms with Crippen molar-refractivity contribution in [2.24, 2.45) is 0 Å². The van der Waals surface area contributed by atoms with Gasteiger partial charge in [-0.25, -0.2) is 9.59 Å². The molecule has 2 heterocycles. The summed E-state index contributed by atoms with van der Waals surface area (Å²) in [5.74, 6) is -0.942. The van der Waals surface area contributed by atoms with Crippen LogP contribution in [0.1, 0.15) is 26.2 Å². The third-order valence-corrected chi connectivity index (χ3v) is 4.05. The number of amides is 2. The van der Waals surface area contributed by atoms with E-state index >= 15 is 0 Å². The molecule has 1 aliphatic rings. The molecule has 0 radical (unpaired) electrons. The van der Waals surface area contributed by atoms with Gasteiger partial charge in [-0.1, -0.05) is 0 Å². The summed E-state index contributed by atoms with van der Waals surface area (Å²) in [5.41, 5.74) is -0.387. The highest BCUT2D eigenvalue weighted by atomic mass is 32.1. The summed E-state index contributed by atoms with van der Waals surface area (Å²) in [4.78, 5) is 24.9. The Hall–Kier alpha value is -1.56. The molecule has 1 saturated heterocycles. The fraction of sp³-hybridized carbons (Fsp3) is 0.500. The molecule has 0 bridgehead atoms. The van der Waals surface area contributed by atoms with Gasteiger partial charge in [0.1, 0.15) is 5.54 Å². The van der Waals surface area contributed by atoms with E-state index in [-0.39, 0.29) is 6.03 Å². The zero-order valence-corrected chi connectivity index (χ0v) is 11.0. The van der Waals surface area contributed by atoms with E-state index in [1.165, 1.54) is 16.2 Å². The molecule has 0 aromatic carbocycles. The smallest absolute Gasteiger partial charge is 0.329 e. The lowest BCUT2D eigenvalue weighted by Crippen LogP contribution is -2.58. The summed E-state index contributed by atoms with van der Waals surface area (Å²) in [6, 6.07) is 1.46. The summed E-state index contributed by atoms with van der Waals surface area (Å²) in [6.45, 7) is 2.10. The van der Waals surface area contributed by atoms with Gasteiger partial charge in [-0.3, -0.25) is 0 Å². The third-order valence-electron chi connectivity index (χ3n) is 3.37. The Morgan fingerprint density at radius 3 is 2.89 bits per heavy atom. The molecule has 1 unspecified atom stereocenters. The number of carbonyl (C=O) groups is 2. The fourth-order valence-electron chi connectivity index (χ4n) is 2.20. The molecule has 1 aromatic rings. The Morgan fingerprint density at radius 1 is 1.50 bits per heavy atom. The van der Waals surface area contributed by atoms with E-state index in [4.69, 9.17) is 0 Å². The van der Waals surface area contributed by atoms with Crippen molar-refractivity contribution in [3.63, 3.8) is 0 Å². The Bertz CT molecular complexity index is 446. The molecule has 2 rings (SSSR count). The first-order valence-electron chi connectivity index (χ1n) is 5.88. The van der Waals surface area contributed by atoms with Gasteiger partial charge >= 0.3 is 12.0 Å². The van der Waals surface area contributed by atoms with Gasteiger partial charge in [-0.15, -0.1) is 0 Å². The minimum Gasteiger partial charge on any atom is -0.480 e. The largest absolute Gasteiger partial charge is 0.480 e. The second kappa shape index (κ2) is 4.97. The minimum absolute atomic E-state index is 0.335. The SMILES string of the molecule is CC1(C(=O)O)CCCCN1C(=O)Nc1ccsc1. The number of thiophene rings is 1. The van der Waals surface area contributed by atoms with Gasteiger partial charge in [0.15, 0.2) is 0 Å². The number of hydrogen-bond acceptors (Lipinski definition) is 3. The predicted molar refractivity (Wildman–Crippen MR) is 69.9 cm³/mol. The van der Waals surface area contributed by atoms with Crippen molar-refractivity contribution in [3.8, 4) is 0 Å². The monoisotopic (exact) mass is 268 g/mol. The molecular formula is C12H16N2O3S. The Morgan fingerprint density at radius 2 is 2.28 bits per heavy atom. The number of urea groups is 1. The van der Waals surface area contributed by atoms with E-state index in [1.54, 1.807) is 13.0 Å². The highest BCUT2D eigenvalue weighted by Gasteiger charge is 2.43. The van der Waals surface area contributed by atoms with Crippen LogP contribution in [0.3, 0.4) is 0 Å². The number of hydrogen-bond donors (Lipinski definition) is 2. The highest BCUT2D eigenvalue weighted by Crippen LogP contribution is 2.29. The maximum atomic E-state index is 12.1. The van der Waals surface area contributed by atoms with Crippen molar-refractivity contribution in [1.29, 1.82) is 0 Å². The number of rotatable bonds is 2. The second-order valence-corrected chi connectivity index (χ2v) is 5.41. The number of likely N-dealkylation sites (tertiary alicyclic amines) is 1. The lowest BCUT2D eigenvalue weighted by atomic mass is 9.89. The van der Waals surface area contributed by atoms with E-state index in [0.29, 0.717) is 18.7 Å².